The predicted octanol–water partition coefficient (Wildman–Crippen LogP) is 0.720. The molecule has 3 N–H and O–H groups in total. The molecule has 128 valence electrons. The molecule has 1 atom stereocenters. The summed E-state index contributed by atoms with van der Waals surface area (Å²) < 4.78 is 4.60. The number of esters is 1. The number of rotatable bonds is 6. The molecule has 0 aromatic rings. The van der Waals surface area contributed by atoms with E-state index < -0.39 is 0 Å². The van der Waals surface area contributed by atoms with Crippen molar-refractivity contribution in [3.63, 3.8) is 0 Å². The number of hydrogen-bond donors (Lipinski definition) is 2. The fraction of sp³-hybridized carbons (Fsp3) is 0.786. The van der Waals surface area contributed by atoms with Crippen LogP contribution in [0.5, 0.6) is 0 Å². The number of amides is 1. The van der Waals surface area contributed by atoms with Gasteiger partial charge in [-0.1, -0.05) is 0 Å². The number of carbonyl (C=O) groups excluding carboxylic acids is 2. The van der Waals surface area contributed by atoms with Gasteiger partial charge in [0.1, 0.15) is 0 Å². The van der Waals surface area contributed by atoms with Crippen molar-refractivity contribution in [3.8, 4) is 0 Å². The highest BCUT2D eigenvalue weighted by Gasteiger charge is 2.23. The lowest BCUT2D eigenvalue weighted by Crippen LogP contribution is -2.47. The van der Waals surface area contributed by atoms with Crippen molar-refractivity contribution >= 4 is 41.8 Å². The van der Waals surface area contributed by atoms with Gasteiger partial charge in [-0.3, -0.25) is 14.6 Å². The van der Waals surface area contributed by atoms with Crippen molar-refractivity contribution in [2.45, 2.75) is 32.6 Å². The monoisotopic (exact) mass is 426 g/mol. The summed E-state index contributed by atoms with van der Waals surface area (Å²) in [5, 5.41) is 3.23. The molecule has 0 aliphatic carbocycles. The number of methoxy groups -OCH3 is 1. The summed E-state index contributed by atoms with van der Waals surface area (Å²) in [6.07, 6.45) is 2.71. The number of piperidine rings is 1. The molecule has 1 heterocycles. The van der Waals surface area contributed by atoms with E-state index in [-0.39, 0.29) is 48.2 Å². The minimum atomic E-state index is -0.264. The molecule has 1 rings (SSSR count). The lowest BCUT2D eigenvalue weighted by Gasteiger charge is -2.34. The Hall–Kier alpha value is -1.06. The maximum atomic E-state index is 11.1. The third-order valence-electron chi connectivity index (χ3n) is 3.45. The molecule has 0 spiro atoms. The fourth-order valence-corrected chi connectivity index (χ4v) is 2.49. The van der Waals surface area contributed by atoms with Gasteiger partial charge in [-0.05, 0) is 25.7 Å². The first-order chi connectivity index (χ1) is 10.1. The first kappa shape index (κ1) is 20.9. The summed E-state index contributed by atoms with van der Waals surface area (Å²) in [6.45, 7) is 4.83. The smallest absolute Gasteiger partial charge is 0.307 e. The van der Waals surface area contributed by atoms with Gasteiger partial charge in [0.15, 0.2) is 5.96 Å². The first-order valence-electron chi connectivity index (χ1n) is 7.45. The van der Waals surface area contributed by atoms with E-state index in [0.29, 0.717) is 13.0 Å². The van der Waals surface area contributed by atoms with E-state index in [1.165, 1.54) is 7.11 Å². The molecule has 1 aliphatic rings. The van der Waals surface area contributed by atoms with Crippen LogP contribution in [0.2, 0.25) is 0 Å². The number of nitrogens with one attached hydrogen (secondary N) is 1. The standard InChI is InChI=1S/C14H26N4O3.HI/c1-3-16-14(17-7-6-13(20)21-2)18-8-4-5-11(10-18)9-12(15)19;/h11H,3-10H2,1-2H3,(H2,15,19)(H,16,17);1H. The quantitative estimate of drug-likeness (QED) is 0.283. The van der Waals surface area contributed by atoms with Crippen molar-refractivity contribution in [2.24, 2.45) is 16.6 Å². The van der Waals surface area contributed by atoms with E-state index in [1.807, 2.05) is 6.92 Å². The van der Waals surface area contributed by atoms with Crippen LogP contribution in [0, 0.1) is 5.92 Å². The number of ether oxygens (including phenoxy) is 1. The molecule has 1 amide bonds. The summed E-state index contributed by atoms with van der Waals surface area (Å²) in [5.41, 5.74) is 5.28. The van der Waals surface area contributed by atoms with Gasteiger partial charge in [0.25, 0.3) is 0 Å². The van der Waals surface area contributed by atoms with Crippen LogP contribution in [-0.2, 0) is 14.3 Å². The molecule has 0 bridgehead atoms. The fourth-order valence-electron chi connectivity index (χ4n) is 2.49. The van der Waals surface area contributed by atoms with Crippen LogP contribution in [0.4, 0.5) is 0 Å². The maximum Gasteiger partial charge on any atom is 0.307 e. The Morgan fingerprint density at radius 3 is 2.77 bits per heavy atom. The van der Waals surface area contributed by atoms with Gasteiger partial charge in [-0.15, -0.1) is 24.0 Å². The Kier molecular flexibility index (Phi) is 10.9. The van der Waals surface area contributed by atoms with Crippen molar-refractivity contribution in [2.75, 3.05) is 33.3 Å². The van der Waals surface area contributed by atoms with Gasteiger partial charge in [-0.25, -0.2) is 0 Å². The van der Waals surface area contributed by atoms with Crippen molar-refractivity contribution in [3.05, 3.63) is 0 Å². The van der Waals surface area contributed by atoms with Crippen molar-refractivity contribution in [1.82, 2.24) is 10.2 Å². The molecule has 0 saturated carbocycles. The summed E-state index contributed by atoms with van der Waals surface area (Å²) >= 11 is 0. The number of guanidine groups is 1. The Morgan fingerprint density at radius 1 is 1.45 bits per heavy atom. The molecule has 7 nitrogen and oxygen atoms in total. The topological polar surface area (TPSA) is 97.0 Å². The zero-order valence-electron chi connectivity index (χ0n) is 13.3. The van der Waals surface area contributed by atoms with Crippen LogP contribution < -0.4 is 11.1 Å². The summed E-state index contributed by atoms with van der Waals surface area (Å²) in [5.74, 6) is 0.547. The van der Waals surface area contributed by atoms with Crippen LogP contribution >= 0.6 is 24.0 Å². The molecule has 0 radical (unpaired) electrons. The van der Waals surface area contributed by atoms with Crippen LogP contribution in [0.3, 0.4) is 0 Å². The van der Waals surface area contributed by atoms with Crippen molar-refractivity contribution < 1.29 is 14.3 Å². The average Bonchev–Trinajstić information content (AvgIpc) is 2.45. The number of aliphatic imine (C=N–C) groups is 1. The number of halogens is 1. The molecule has 1 aliphatic heterocycles. The number of nitrogens with two attached hydrogens (primary N) is 1. The SMILES string of the molecule is CCNC(=NCCC(=O)OC)N1CCCC(CC(N)=O)C1.I. The van der Waals surface area contributed by atoms with Gasteiger partial charge in [-0.2, -0.15) is 0 Å². The lowest BCUT2D eigenvalue weighted by atomic mass is 9.95. The molecular formula is C14H27IN4O3. The van der Waals surface area contributed by atoms with Crippen LogP contribution in [0.15, 0.2) is 4.99 Å². The van der Waals surface area contributed by atoms with Crippen LogP contribution in [-0.4, -0.2) is 56.0 Å². The van der Waals surface area contributed by atoms with Gasteiger partial charge in [0, 0.05) is 26.1 Å². The van der Waals surface area contributed by atoms with E-state index in [0.717, 1.165) is 38.4 Å². The highest BCUT2D eigenvalue weighted by atomic mass is 127. The third-order valence-corrected chi connectivity index (χ3v) is 3.45. The number of primary amides is 1. The van der Waals surface area contributed by atoms with Crippen LogP contribution in [0.1, 0.15) is 32.6 Å². The number of carbonyl (C=O) groups is 2. The van der Waals surface area contributed by atoms with E-state index in [4.69, 9.17) is 5.73 Å². The number of hydrogen-bond acceptors (Lipinski definition) is 4. The highest BCUT2D eigenvalue weighted by molar-refractivity contribution is 14.0. The van der Waals surface area contributed by atoms with E-state index in [1.54, 1.807) is 0 Å². The normalized spacial score (nSPS) is 18.4. The molecule has 0 aromatic heterocycles. The second-order valence-electron chi connectivity index (χ2n) is 5.19. The highest BCUT2D eigenvalue weighted by Crippen LogP contribution is 2.19. The molecule has 1 unspecified atom stereocenters. The molecule has 22 heavy (non-hydrogen) atoms. The Labute approximate surface area is 149 Å². The molecule has 0 aromatic carbocycles. The minimum absolute atomic E-state index is 0. The third kappa shape index (κ3) is 7.81. The zero-order chi connectivity index (χ0) is 15.7. The Bertz CT molecular complexity index is 390. The van der Waals surface area contributed by atoms with E-state index >= 15 is 0 Å². The molecule has 8 heteroatoms. The second-order valence-corrected chi connectivity index (χ2v) is 5.19. The molecule has 1 fully saturated rings. The van der Waals surface area contributed by atoms with Gasteiger partial charge < -0.3 is 20.7 Å². The summed E-state index contributed by atoms with van der Waals surface area (Å²) in [4.78, 5) is 28.8. The van der Waals surface area contributed by atoms with Crippen molar-refractivity contribution in [1.29, 1.82) is 0 Å². The second kappa shape index (κ2) is 11.5. The van der Waals surface area contributed by atoms with Gasteiger partial charge in [0.2, 0.25) is 5.91 Å². The van der Waals surface area contributed by atoms with E-state index in [9.17, 15) is 9.59 Å². The zero-order valence-corrected chi connectivity index (χ0v) is 15.7. The van der Waals surface area contributed by atoms with E-state index in [2.05, 4.69) is 19.9 Å². The Balaban J connectivity index is 0.00000441. The first-order valence-corrected chi connectivity index (χ1v) is 7.45. The average molecular weight is 426 g/mol. The maximum absolute atomic E-state index is 11.1. The molecular weight excluding hydrogens is 399 g/mol. The molecule has 1 saturated heterocycles. The van der Waals surface area contributed by atoms with Gasteiger partial charge in [0.05, 0.1) is 20.1 Å². The predicted molar refractivity (Wildman–Crippen MR) is 96.1 cm³/mol. The van der Waals surface area contributed by atoms with Crippen LogP contribution in [0.25, 0.3) is 0 Å². The summed E-state index contributed by atoms with van der Waals surface area (Å²) in [6, 6.07) is 0. The number of likely N-dealkylation sites (tertiary alicyclic amines) is 1. The largest absolute Gasteiger partial charge is 0.469 e. The Morgan fingerprint density at radius 2 is 2.18 bits per heavy atom. The number of nitrogens with zero attached hydrogens (tertiary/aromatic N) is 2. The minimum Gasteiger partial charge on any atom is -0.469 e. The summed E-state index contributed by atoms with van der Waals surface area (Å²) in [7, 11) is 1.37. The van der Waals surface area contributed by atoms with Gasteiger partial charge >= 0.3 is 5.97 Å². The lowest BCUT2D eigenvalue weighted by molar-refractivity contribution is -0.140.